The molecule has 3 rings (SSSR count). The number of hydrogen-bond acceptors (Lipinski definition) is 6. The number of amides is 2. The zero-order chi connectivity index (χ0) is 26.5. The SMILES string of the molecule is O=C(O)CCCCCC(=O)N/N=C/c1cccc(CN2C(=O)CC/C=C/CCC(=O)O[C@H]3CCC[C@@H]32)c1. The Labute approximate surface area is 217 Å². The van der Waals surface area contributed by atoms with Crippen molar-refractivity contribution in [1.29, 1.82) is 0 Å². The Balaban J connectivity index is 1.59. The summed E-state index contributed by atoms with van der Waals surface area (Å²) < 4.78 is 5.76. The first-order valence-corrected chi connectivity index (χ1v) is 13.2. The van der Waals surface area contributed by atoms with Crippen LogP contribution in [0.15, 0.2) is 41.5 Å². The molecular weight excluding hydrogens is 474 g/mol. The maximum absolute atomic E-state index is 13.2. The lowest BCUT2D eigenvalue weighted by Gasteiger charge is -2.33. The molecule has 9 nitrogen and oxygen atoms in total. The number of carbonyl (C=O) groups is 4. The third-order valence-corrected chi connectivity index (χ3v) is 6.63. The highest BCUT2D eigenvalue weighted by Crippen LogP contribution is 2.30. The molecule has 9 heteroatoms. The molecule has 1 heterocycles. The third kappa shape index (κ3) is 9.82. The Morgan fingerprint density at radius 3 is 2.68 bits per heavy atom. The Hall–Kier alpha value is -3.49. The van der Waals surface area contributed by atoms with Gasteiger partial charge in [0, 0.05) is 32.2 Å². The van der Waals surface area contributed by atoms with Crippen molar-refractivity contribution in [2.45, 2.75) is 95.7 Å². The van der Waals surface area contributed by atoms with Crippen LogP contribution in [0.5, 0.6) is 0 Å². The zero-order valence-electron chi connectivity index (χ0n) is 21.3. The highest BCUT2D eigenvalue weighted by atomic mass is 16.5. The molecule has 1 saturated carbocycles. The van der Waals surface area contributed by atoms with Gasteiger partial charge in [0.1, 0.15) is 6.10 Å². The van der Waals surface area contributed by atoms with E-state index in [1.165, 1.54) is 0 Å². The number of nitrogens with one attached hydrogen (secondary N) is 1. The molecule has 0 radical (unpaired) electrons. The number of ether oxygens (including phenoxy) is 1. The molecule has 37 heavy (non-hydrogen) atoms. The van der Waals surface area contributed by atoms with Gasteiger partial charge < -0.3 is 14.7 Å². The summed E-state index contributed by atoms with van der Waals surface area (Å²) in [6.45, 7) is 0.408. The monoisotopic (exact) mass is 511 g/mol. The number of carbonyl (C=O) groups excluding carboxylic acids is 3. The molecule has 1 aromatic carbocycles. The van der Waals surface area contributed by atoms with Crippen molar-refractivity contribution in [2.24, 2.45) is 5.10 Å². The number of unbranched alkanes of at least 4 members (excludes halogenated alkanes) is 2. The normalized spacial score (nSPS) is 21.6. The van der Waals surface area contributed by atoms with Gasteiger partial charge in [-0.25, -0.2) is 5.43 Å². The van der Waals surface area contributed by atoms with Gasteiger partial charge in [-0.05, 0) is 62.1 Å². The standard InChI is InChI=1S/C28H37N3O6/c32-25(14-4-3-6-16-27(34)35)30-29-19-21-10-8-11-22(18-21)20-31-23-12-9-13-24(23)37-28(36)17-7-2-1-5-15-26(31)33/h1-2,8,10-11,18-19,23-24H,3-7,9,12-17,20H2,(H,30,32)(H,34,35)/b2-1+,29-19+/t23-,24-/m0/s1. The average molecular weight is 512 g/mol. The van der Waals surface area contributed by atoms with E-state index >= 15 is 0 Å². The fourth-order valence-electron chi connectivity index (χ4n) is 4.75. The molecule has 2 atom stereocenters. The molecule has 2 amide bonds. The quantitative estimate of drug-likeness (QED) is 0.160. The number of nitrogens with zero attached hydrogens (tertiary/aromatic N) is 2. The number of allylic oxidation sites excluding steroid dienone is 2. The number of hydrazone groups is 1. The Kier molecular flexibility index (Phi) is 11.3. The van der Waals surface area contributed by atoms with Crippen LogP contribution >= 0.6 is 0 Å². The van der Waals surface area contributed by atoms with E-state index in [4.69, 9.17) is 9.84 Å². The highest BCUT2D eigenvalue weighted by Gasteiger charge is 2.37. The second kappa shape index (κ2) is 14.9. The van der Waals surface area contributed by atoms with Gasteiger partial charge in [0.25, 0.3) is 0 Å². The lowest BCUT2D eigenvalue weighted by atomic mass is 10.1. The lowest BCUT2D eigenvalue weighted by molar-refractivity contribution is -0.155. The maximum Gasteiger partial charge on any atom is 0.306 e. The van der Waals surface area contributed by atoms with Gasteiger partial charge in [-0.2, -0.15) is 5.10 Å². The van der Waals surface area contributed by atoms with E-state index in [1.807, 2.05) is 41.3 Å². The minimum Gasteiger partial charge on any atom is -0.481 e. The van der Waals surface area contributed by atoms with Crippen LogP contribution in [0.4, 0.5) is 0 Å². The Morgan fingerprint density at radius 1 is 1.08 bits per heavy atom. The van der Waals surface area contributed by atoms with Crippen LogP contribution in [0.25, 0.3) is 0 Å². The summed E-state index contributed by atoms with van der Waals surface area (Å²) in [6.07, 6.45) is 12.0. The van der Waals surface area contributed by atoms with Gasteiger partial charge in [-0.3, -0.25) is 19.2 Å². The lowest BCUT2D eigenvalue weighted by Crippen LogP contribution is -2.45. The van der Waals surface area contributed by atoms with Crippen molar-refractivity contribution >= 4 is 30.0 Å². The van der Waals surface area contributed by atoms with Crippen molar-refractivity contribution in [2.75, 3.05) is 0 Å². The number of hydrogen-bond donors (Lipinski definition) is 2. The molecule has 0 aromatic heterocycles. The molecule has 1 aliphatic heterocycles. The molecule has 200 valence electrons. The van der Waals surface area contributed by atoms with Gasteiger partial charge in [0.15, 0.2) is 0 Å². The number of esters is 1. The Morgan fingerprint density at radius 2 is 1.86 bits per heavy atom. The first-order chi connectivity index (χ1) is 17.9. The molecule has 2 aliphatic rings. The van der Waals surface area contributed by atoms with Crippen molar-refractivity contribution < 1.29 is 29.0 Å². The molecule has 1 fully saturated rings. The fraction of sp³-hybridized carbons (Fsp3) is 0.536. The second-order valence-corrected chi connectivity index (χ2v) is 9.59. The van der Waals surface area contributed by atoms with Crippen molar-refractivity contribution in [1.82, 2.24) is 10.3 Å². The van der Waals surface area contributed by atoms with E-state index in [1.54, 1.807) is 6.21 Å². The third-order valence-electron chi connectivity index (χ3n) is 6.63. The van der Waals surface area contributed by atoms with Crippen LogP contribution in [0.2, 0.25) is 0 Å². The molecule has 0 bridgehead atoms. The maximum atomic E-state index is 13.2. The highest BCUT2D eigenvalue weighted by molar-refractivity contribution is 5.82. The second-order valence-electron chi connectivity index (χ2n) is 9.59. The van der Waals surface area contributed by atoms with Gasteiger partial charge in [-0.1, -0.05) is 36.8 Å². The van der Waals surface area contributed by atoms with Crippen LogP contribution in [-0.2, 0) is 30.5 Å². The van der Waals surface area contributed by atoms with Gasteiger partial charge in [0.2, 0.25) is 11.8 Å². The van der Waals surface area contributed by atoms with Crippen LogP contribution in [-0.4, -0.2) is 52.1 Å². The minimum atomic E-state index is -0.826. The van der Waals surface area contributed by atoms with E-state index in [0.29, 0.717) is 51.5 Å². The van der Waals surface area contributed by atoms with E-state index in [9.17, 15) is 19.2 Å². The first-order valence-electron chi connectivity index (χ1n) is 13.2. The van der Waals surface area contributed by atoms with Gasteiger partial charge in [0.05, 0.1) is 12.3 Å². The Bertz CT molecular complexity index is 1010. The van der Waals surface area contributed by atoms with Crippen LogP contribution < -0.4 is 5.43 Å². The molecule has 0 unspecified atom stereocenters. The molecular formula is C28H37N3O6. The summed E-state index contributed by atoms with van der Waals surface area (Å²) in [7, 11) is 0. The van der Waals surface area contributed by atoms with Gasteiger partial charge >= 0.3 is 11.9 Å². The predicted molar refractivity (Wildman–Crippen MR) is 139 cm³/mol. The molecule has 1 aromatic rings. The summed E-state index contributed by atoms with van der Waals surface area (Å²) in [5.74, 6) is -1.21. The van der Waals surface area contributed by atoms with Crippen molar-refractivity contribution in [3.8, 4) is 0 Å². The molecule has 2 N–H and O–H groups in total. The zero-order valence-corrected chi connectivity index (χ0v) is 21.3. The molecule has 0 saturated heterocycles. The number of benzene rings is 1. The largest absolute Gasteiger partial charge is 0.481 e. The van der Waals surface area contributed by atoms with Crippen molar-refractivity contribution in [3.05, 3.63) is 47.5 Å². The summed E-state index contributed by atoms with van der Waals surface area (Å²) in [5.41, 5.74) is 4.23. The number of rotatable bonds is 10. The van der Waals surface area contributed by atoms with Gasteiger partial charge in [-0.15, -0.1) is 0 Å². The summed E-state index contributed by atoms with van der Waals surface area (Å²) in [4.78, 5) is 49.8. The predicted octanol–water partition coefficient (Wildman–Crippen LogP) is 4.09. The molecule has 0 spiro atoms. The van der Waals surface area contributed by atoms with Crippen molar-refractivity contribution in [3.63, 3.8) is 0 Å². The fourth-order valence-corrected chi connectivity index (χ4v) is 4.75. The number of fused-ring (bicyclic) bond motifs is 1. The van der Waals surface area contributed by atoms with E-state index in [-0.39, 0.29) is 42.8 Å². The topological polar surface area (TPSA) is 125 Å². The smallest absolute Gasteiger partial charge is 0.306 e. The first kappa shape index (κ1) is 28.1. The van der Waals surface area contributed by atoms with E-state index < -0.39 is 5.97 Å². The number of aliphatic carboxylic acids is 1. The van der Waals surface area contributed by atoms with Crippen LogP contribution in [0.3, 0.4) is 0 Å². The van der Waals surface area contributed by atoms with Crippen LogP contribution in [0, 0.1) is 0 Å². The van der Waals surface area contributed by atoms with Crippen LogP contribution in [0.1, 0.15) is 88.2 Å². The number of carboxylic acid groups (broad SMARTS) is 1. The molecule has 1 aliphatic carbocycles. The summed E-state index contributed by atoms with van der Waals surface area (Å²) in [5, 5.41) is 12.7. The summed E-state index contributed by atoms with van der Waals surface area (Å²) in [6, 6.07) is 7.50. The summed E-state index contributed by atoms with van der Waals surface area (Å²) >= 11 is 0. The minimum absolute atomic E-state index is 0.0489. The van der Waals surface area contributed by atoms with E-state index in [0.717, 1.165) is 30.4 Å². The average Bonchev–Trinajstić information content (AvgIpc) is 3.31. The number of carboxylic acids is 1. The van der Waals surface area contributed by atoms with E-state index in [2.05, 4.69) is 10.5 Å².